The van der Waals surface area contributed by atoms with Gasteiger partial charge in [-0.3, -0.25) is 15.6 Å². The number of hydrogen-bond donors (Lipinski definition) is 3. The van der Waals surface area contributed by atoms with Gasteiger partial charge in [0.2, 0.25) is 0 Å². The summed E-state index contributed by atoms with van der Waals surface area (Å²) in [6.07, 6.45) is 3.85. The third-order valence-electron chi connectivity index (χ3n) is 3.14. The number of amides is 1. The second-order valence-corrected chi connectivity index (χ2v) is 4.45. The number of H-pyrrole nitrogens is 1. The molecule has 2 aromatic heterocycles. The molecule has 1 aromatic carbocycles. The summed E-state index contributed by atoms with van der Waals surface area (Å²) in [7, 11) is 0. The molecule has 3 aromatic rings. The molecule has 0 saturated heterocycles. The smallest absolute Gasteiger partial charge is 0.269 e. The summed E-state index contributed by atoms with van der Waals surface area (Å²) in [5, 5.41) is 0. The lowest BCUT2D eigenvalue weighted by Crippen LogP contribution is -2.30. The van der Waals surface area contributed by atoms with E-state index in [1.54, 1.807) is 12.1 Å². The third-order valence-corrected chi connectivity index (χ3v) is 3.14. The van der Waals surface area contributed by atoms with Gasteiger partial charge in [0.05, 0.1) is 6.33 Å². The maximum atomic E-state index is 12.0. The molecule has 7 nitrogen and oxygen atoms in total. The van der Waals surface area contributed by atoms with Crippen LogP contribution in [0.1, 0.15) is 22.8 Å². The number of aromatic amines is 1. The van der Waals surface area contributed by atoms with Crippen molar-refractivity contribution in [3.63, 3.8) is 0 Å². The molecule has 0 aliphatic heterocycles. The van der Waals surface area contributed by atoms with Crippen molar-refractivity contribution in [1.82, 2.24) is 25.4 Å². The Morgan fingerprint density at radius 2 is 2.00 bits per heavy atom. The van der Waals surface area contributed by atoms with E-state index in [9.17, 15) is 4.79 Å². The molecule has 0 radical (unpaired) electrons. The number of nitrogens with zero attached hydrogens (tertiary/aromatic N) is 3. The number of benzene rings is 1. The predicted molar refractivity (Wildman–Crippen MR) is 78.6 cm³/mol. The summed E-state index contributed by atoms with van der Waals surface area (Å²) in [5.41, 5.74) is 8.33. The van der Waals surface area contributed by atoms with E-state index in [4.69, 9.17) is 0 Å². The molecule has 3 rings (SSSR count). The number of carbonyl (C=O) groups excluding carboxylic acids is 1. The van der Waals surface area contributed by atoms with Crippen LogP contribution in [0, 0.1) is 0 Å². The number of fused-ring (bicyclic) bond motifs is 1. The van der Waals surface area contributed by atoms with Gasteiger partial charge in [0.25, 0.3) is 5.91 Å². The van der Waals surface area contributed by atoms with Crippen molar-refractivity contribution in [3.8, 4) is 0 Å². The number of carbonyl (C=O) groups is 1. The predicted octanol–water partition coefficient (Wildman–Crippen LogP) is 1.67. The van der Waals surface area contributed by atoms with E-state index in [-0.39, 0.29) is 5.91 Å². The van der Waals surface area contributed by atoms with Crippen LogP contribution >= 0.6 is 0 Å². The zero-order valence-corrected chi connectivity index (χ0v) is 11.4. The van der Waals surface area contributed by atoms with Gasteiger partial charge in [-0.15, -0.1) is 0 Å². The van der Waals surface area contributed by atoms with Crippen LogP contribution in [-0.4, -0.2) is 25.8 Å². The fraction of sp³-hybridized carbons (Fsp3) is 0.143. The largest absolute Gasteiger partial charge is 0.340 e. The Balaban J connectivity index is 1.71. The molecule has 1 amide bonds. The van der Waals surface area contributed by atoms with Crippen molar-refractivity contribution in [1.29, 1.82) is 0 Å². The molecule has 0 bridgehead atoms. The first-order chi connectivity index (χ1) is 10.3. The van der Waals surface area contributed by atoms with Crippen LogP contribution in [0.3, 0.4) is 0 Å². The van der Waals surface area contributed by atoms with E-state index < -0.39 is 0 Å². The number of nitrogens with one attached hydrogen (secondary N) is 3. The molecule has 0 spiro atoms. The van der Waals surface area contributed by atoms with Gasteiger partial charge in [-0.25, -0.2) is 15.0 Å². The third kappa shape index (κ3) is 2.66. The quantitative estimate of drug-likeness (QED) is 0.633. The van der Waals surface area contributed by atoms with Crippen LogP contribution < -0.4 is 10.9 Å². The van der Waals surface area contributed by atoms with Gasteiger partial charge < -0.3 is 4.98 Å². The highest BCUT2D eigenvalue weighted by atomic mass is 16.2. The fourth-order valence-electron chi connectivity index (χ4n) is 1.94. The van der Waals surface area contributed by atoms with Crippen LogP contribution in [0.4, 0.5) is 5.82 Å². The number of aryl methyl sites for hydroxylation is 1. The number of imidazole rings is 1. The molecule has 0 aliphatic carbocycles. The lowest BCUT2D eigenvalue weighted by Gasteiger charge is -2.08. The summed E-state index contributed by atoms with van der Waals surface area (Å²) in [6.45, 7) is 2.07. The minimum absolute atomic E-state index is 0.232. The zero-order valence-electron chi connectivity index (χ0n) is 11.4. The van der Waals surface area contributed by atoms with Gasteiger partial charge >= 0.3 is 0 Å². The summed E-state index contributed by atoms with van der Waals surface area (Å²) in [5.74, 6) is 0.236. The molecule has 106 valence electrons. The second-order valence-electron chi connectivity index (χ2n) is 4.45. The SMILES string of the molecule is CCc1ccc(C(=O)NNc2ncnc3nc[nH]c23)cc1. The number of anilines is 1. The van der Waals surface area contributed by atoms with Crippen molar-refractivity contribution in [2.45, 2.75) is 13.3 Å². The van der Waals surface area contributed by atoms with E-state index in [0.29, 0.717) is 22.5 Å². The molecular weight excluding hydrogens is 268 g/mol. The van der Waals surface area contributed by atoms with Gasteiger partial charge in [0, 0.05) is 5.56 Å². The summed E-state index contributed by atoms with van der Waals surface area (Å²) < 4.78 is 0. The van der Waals surface area contributed by atoms with Crippen LogP contribution in [0.15, 0.2) is 36.9 Å². The van der Waals surface area contributed by atoms with Crippen molar-refractivity contribution in [2.24, 2.45) is 0 Å². The summed E-state index contributed by atoms with van der Waals surface area (Å²) in [4.78, 5) is 27.1. The van der Waals surface area contributed by atoms with Gasteiger partial charge in [0.1, 0.15) is 11.8 Å². The first-order valence-electron chi connectivity index (χ1n) is 6.57. The molecule has 0 unspecified atom stereocenters. The van der Waals surface area contributed by atoms with Crippen molar-refractivity contribution >= 4 is 22.9 Å². The van der Waals surface area contributed by atoms with E-state index in [0.717, 1.165) is 6.42 Å². The number of rotatable bonds is 4. The highest BCUT2D eigenvalue weighted by Crippen LogP contribution is 2.13. The molecule has 0 fully saturated rings. The Bertz CT molecular complexity index is 764. The van der Waals surface area contributed by atoms with Crippen LogP contribution in [0.25, 0.3) is 11.2 Å². The normalized spacial score (nSPS) is 10.5. The maximum absolute atomic E-state index is 12.0. The van der Waals surface area contributed by atoms with Gasteiger partial charge in [0.15, 0.2) is 11.5 Å². The summed E-state index contributed by atoms with van der Waals surface area (Å²) in [6, 6.07) is 7.46. The Morgan fingerprint density at radius 1 is 1.19 bits per heavy atom. The second kappa shape index (κ2) is 5.58. The molecule has 0 aliphatic rings. The topological polar surface area (TPSA) is 95.6 Å². The molecule has 2 heterocycles. The van der Waals surface area contributed by atoms with Crippen LogP contribution in [-0.2, 0) is 6.42 Å². The first kappa shape index (κ1) is 13.0. The number of aromatic nitrogens is 4. The maximum Gasteiger partial charge on any atom is 0.269 e. The summed E-state index contributed by atoms with van der Waals surface area (Å²) >= 11 is 0. The van der Waals surface area contributed by atoms with Crippen molar-refractivity contribution in [3.05, 3.63) is 48.0 Å². The van der Waals surface area contributed by atoms with E-state index in [1.165, 1.54) is 18.2 Å². The Hall–Kier alpha value is -2.96. The Labute approximate surface area is 120 Å². The van der Waals surface area contributed by atoms with Gasteiger partial charge in [-0.1, -0.05) is 19.1 Å². The van der Waals surface area contributed by atoms with Crippen molar-refractivity contribution < 1.29 is 4.79 Å². The van der Waals surface area contributed by atoms with Crippen molar-refractivity contribution in [2.75, 3.05) is 5.43 Å². The monoisotopic (exact) mass is 282 g/mol. The van der Waals surface area contributed by atoms with Gasteiger partial charge in [-0.05, 0) is 24.1 Å². The van der Waals surface area contributed by atoms with Crippen LogP contribution in [0.5, 0.6) is 0 Å². The average Bonchev–Trinajstić information content (AvgIpc) is 3.02. The number of hydrazine groups is 1. The van der Waals surface area contributed by atoms with E-state index in [2.05, 4.69) is 37.7 Å². The lowest BCUT2D eigenvalue weighted by molar-refractivity contribution is 0.0962. The lowest BCUT2D eigenvalue weighted by atomic mass is 10.1. The molecule has 0 atom stereocenters. The van der Waals surface area contributed by atoms with Crippen LogP contribution in [0.2, 0.25) is 0 Å². The van der Waals surface area contributed by atoms with Gasteiger partial charge in [-0.2, -0.15) is 0 Å². The minimum atomic E-state index is -0.232. The van der Waals surface area contributed by atoms with E-state index >= 15 is 0 Å². The molecule has 7 heteroatoms. The minimum Gasteiger partial charge on any atom is -0.340 e. The standard InChI is InChI=1S/C14H14N6O/c1-2-9-3-5-10(6-4-9)14(21)20-19-13-11-12(16-7-15-11)17-8-18-13/h3-8H,2H2,1H3,(H,20,21)(H2,15,16,17,18,19). The zero-order chi connectivity index (χ0) is 14.7. The number of hydrogen-bond acceptors (Lipinski definition) is 5. The van der Waals surface area contributed by atoms with E-state index in [1.807, 2.05) is 12.1 Å². The molecule has 0 saturated carbocycles. The average molecular weight is 282 g/mol. The highest BCUT2D eigenvalue weighted by Gasteiger charge is 2.08. The molecular formula is C14H14N6O. The first-order valence-corrected chi connectivity index (χ1v) is 6.57. The highest BCUT2D eigenvalue weighted by molar-refractivity contribution is 5.95. The fourth-order valence-corrected chi connectivity index (χ4v) is 1.94. The molecule has 21 heavy (non-hydrogen) atoms. The Morgan fingerprint density at radius 3 is 2.76 bits per heavy atom. The Kier molecular flexibility index (Phi) is 3.46. The molecule has 3 N–H and O–H groups in total.